The van der Waals surface area contributed by atoms with Gasteiger partial charge in [0.1, 0.15) is 0 Å². The topological polar surface area (TPSA) is 77.7 Å². The van der Waals surface area contributed by atoms with Gasteiger partial charge >= 0.3 is 0 Å². The van der Waals surface area contributed by atoms with E-state index in [0.29, 0.717) is 5.56 Å². The van der Waals surface area contributed by atoms with Crippen LogP contribution in [0.1, 0.15) is 10.4 Å². The number of hydrogen-bond donors (Lipinski definition) is 2. The summed E-state index contributed by atoms with van der Waals surface area (Å²) in [5.74, 6) is -0.0786. The van der Waals surface area contributed by atoms with Crippen molar-refractivity contribution < 1.29 is 4.79 Å². The van der Waals surface area contributed by atoms with Crippen LogP contribution in [0.15, 0.2) is 49.1 Å². The molecule has 0 unspecified atom stereocenters. The van der Waals surface area contributed by atoms with E-state index in [9.17, 15) is 4.79 Å². The van der Waals surface area contributed by atoms with Gasteiger partial charge in [-0.15, -0.1) is 0 Å². The van der Waals surface area contributed by atoms with Crippen molar-refractivity contribution in [2.24, 2.45) is 0 Å². The Kier molecular flexibility index (Phi) is 3.04. The van der Waals surface area contributed by atoms with E-state index in [-0.39, 0.29) is 5.91 Å². The maximum Gasteiger partial charge on any atom is 0.258 e. The van der Waals surface area contributed by atoms with Crippen molar-refractivity contribution in [3.8, 4) is 11.1 Å². The zero-order chi connectivity index (χ0) is 13.9. The highest BCUT2D eigenvalue weighted by molar-refractivity contribution is 6.05. The van der Waals surface area contributed by atoms with Crippen LogP contribution in [0, 0.1) is 0 Å². The third-order valence-electron chi connectivity index (χ3n) is 3.14. The van der Waals surface area contributed by atoms with Crippen molar-refractivity contribution in [1.82, 2.24) is 20.4 Å². The highest BCUT2D eigenvalue weighted by atomic mass is 16.2. The number of H-pyrrole nitrogens is 2. The van der Waals surface area contributed by atoms with Crippen molar-refractivity contribution >= 4 is 11.6 Å². The molecule has 6 nitrogen and oxygen atoms in total. The van der Waals surface area contributed by atoms with Gasteiger partial charge in [-0.25, -0.2) is 0 Å². The monoisotopic (exact) mass is 267 g/mol. The van der Waals surface area contributed by atoms with E-state index in [1.54, 1.807) is 42.7 Å². The fraction of sp³-hybridized carbons (Fsp3) is 0.0714. The number of carbonyl (C=O) groups is 1. The van der Waals surface area contributed by atoms with Crippen molar-refractivity contribution in [3.05, 3.63) is 54.6 Å². The Morgan fingerprint density at radius 1 is 1.00 bits per heavy atom. The van der Waals surface area contributed by atoms with Crippen LogP contribution in [0.2, 0.25) is 0 Å². The molecule has 2 N–H and O–H groups in total. The van der Waals surface area contributed by atoms with Gasteiger partial charge in [0.25, 0.3) is 5.91 Å². The molecule has 0 saturated heterocycles. The van der Waals surface area contributed by atoms with E-state index in [1.165, 1.54) is 0 Å². The molecule has 1 aromatic carbocycles. The van der Waals surface area contributed by atoms with Crippen molar-refractivity contribution in [2.75, 3.05) is 11.9 Å². The van der Waals surface area contributed by atoms with Gasteiger partial charge in [0.05, 0.1) is 18.1 Å². The lowest BCUT2D eigenvalue weighted by Gasteiger charge is -2.14. The first-order valence-corrected chi connectivity index (χ1v) is 6.12. The molecule has 0 radical (unpaired) electrons. The summed E-state index contributed by atoms with van der Waals surface area (Å²) in [5.41, 5.74) is 3.36. The van der Waals surface area contributed by atoms with Gasteiger partial charge in [0, 0.05) is 30.6 Å². The Hall–Kier alpha value is -2.89. The summed E-state index contributed by atoms with van der Waals surface area (Å²) >= 11 is 0. The maximum atomic E-state index is 12.3. The predicted octanol–water partition coefficient (Wildman–Crippen LogP) is 2.08. The number of rotatable bonds is 3. The smallest absolute Gasteiger partial charge is 0.258 e. The quantitative estimate of drug-likeness (QED) is 0.762. The summed E-state index contributed by atoms with van der Waals surface area (Å²) < 4.78 is 0. The minimum Gasteiger partial charge on any atom is -0.309 e. The summed E-state index contributed by atoms with van der Waals surface area (Å²) in [6, 6.07) is 7.42. The Morgan fingerprint density at radius 3 is 2.30 bits per heavy atom. The Labute approximate surface area is 115 Å². The molecule has 20 heavy (non-hydrogen) atoms. The molecule has 3 aromatic rings. The summed E-state index contributed by atoms with van der Waals surface area (Å²) in [5, 5.41) is 13.2. The fourth-order valence-electron chi connectivity index (χ4n) is 1.95. The van der Waals surface area contributed by atoms with Gasteiger partial charge in [-0.1, -0.05) is 12.1 Å². The number of nitrogens with zero attached hydrogens (tertiary/aromatic N) is 3. The molecule has 100 valence electrons. The van der Waals surface area contributed by atoms with E-state index < -0.39 is 0 Å². The van der Waals surface area contributed by atoms with E-state index in [0.717, 1.165) is 16.8 Å². The minimum absolute atomic E-state index is 0.0786. The molecule has 0 aliphatic heterocycles. The SMILES string of the molecule is CN(C(=O)c1ccc(-c2cn[nH]c2)cc1)c1cn[nH]c1. The van der Waals surface area contributed by atoms with Gasteiger partial charge in [0.2, 0.25) is 0 Å². The van der Waals surface area contributed by atoms with E-state index in [1.807, 2.05) is 18.3 Å². The Balaban J connectivity index is 1.82. The summed E-state index contributed by atoms with van der Waals surface area (Å²) in [6.07, 6.45) is 6.85. The average molecular weight is 267 g/mol. The molecule has 1 amide bonds. The normalized spacial score (nSPS) is 10.4. The third kappa shape index (κ3) is 2.18. The summed E-state index contributed by atoms with van der Waals surface area (Å²) in [7, 11) is 1.72. The Bertz CT molecular complexity index is 686. The van der Waals surface area contributed by atoms with Crippen LogP contribution in [-0.2, 0) is 0 Å². The number of carbonyl (C=O) groups excluding carboxylic acids is 1. The molecule has 0 aliphatic carbocycles. The first kappa shape index (κ1) is 12.2. The average Bonchev–Trinajstić information content (AvgIpc) is 3.18. The first-order valence-electron chi connectivity index (χ1n) is 6.12. The summed E-state index contributed by atoms with van der Waals surface area (Å²) in [6.45, 7) is 0. The molecule has 0 saturated carbocycles. The standard InChI is InChI=1S/C14H13N5O/c1-19(13-8-17-18-9-13)14(20)11-4-2-10(3-5-11)12-6-15-16-7-12/h2-9H,1H3,(H,15,16)(H,17,18). The fourth-order valence-corrected chi connectivity index (χ4v) is 1.95. The van der Waals surface area contributed by atoms with E-state index in [4.69, 9.17) is 0 Å². The molecule has 0 spiro atoms. The molecule has 0 aliphatic rings. The molecular formula is C14H13N5O. The molecule has 0 fully saturated rings. The molecule has 2 heterocycles. The number of aromatic nitrogens is 4. The summed E-state index contributed by atoms with van der Waals surface area (Å²) in [4.78, 5) is 13.9. The van der Waals surface area contributed by atoms with Crippen LogP contribution >= 0.6 is 0 Å². The van der Waals surface area contributed by atoms with Crippen LogP contribution < -0.4 is 4.90 Å². The molecular weight excluding hydrogens is 254 g/mol. The number of nitrogens with one attached hydrogen (secondary N) is 2. The van der Waals surface area contributed by atoms with Crippen LogP contribution in [0.5, 0.6) is 0 Å². The van der Waals surface area contributed by atoms with Crippen LogP contribution in [0.4, 0.5) is 5.69 Å². The van der Waals surface area contributed by atoms with Crippen LogP contribution in [0.3, 0.4) is 0 Å². The largest absolute Gasteiger partial charge is 0.309 e. The van der Waals surface area contributed by atoms with Gasteiger partial charge in [-0.05, 0) is 17.7 Å². The molecule has 0 bridgehead atoms. The number of aromatic amines is 2. The Morgan fingerprint density at radius 2 is 1.70 bits per heavy atom. The lowest BCUT2D eigenvalue weighted by molar-refractivity contribution is 0.0993. The lowest BCUT2D eigenvalue weighted by atomic mass is 10.1. The second-order valence-electron chi connectivity index (χ2n) is 4.38. The van der Waals surface area contributed by atoms with Gasteiger partial charge in [-0.2, -0.15) is 10.2 Å². The second-order valence-corrected chi connectivity index (χ2v) is 4.38. The number of hydrogen-bond acceptors (Lipinski definition) is 3. The van der Waals surface area contributed by atoms with Crippen molar-refractivity contribution in [2.45, 2.75) is 0 Å². The van der Waals surface area contributed by atoms with Gasteiger partial charge < -0.3 is 4.90 Å². The maximum absolute atomic E-state index is 12.3. The minimum atomic E-state index is -0.0786. The van der Waals surface area contributed by atoms with Crippen LogP contribution in [0.25, 0.3) is 11.1 Å². The zero-order valence-electron chi connectivity index (χ0n) is 10.9. The van der Waals surface area contributed by atoms with E-state index in [2.05, 4.69) is 20.4 Å². The zero-order valence-corrected chi connectivity index (χ0v) is 10.9. The predicted molar refractivity (Wildman–Crippen MR) is 75.3 cm³/mol. The van der Waals surface area contributed by atoms with Crippen molar-refractivity contribution in [1.29, 1.82) is 0 Å². The number of anilines is 1. The molecule has 2 aromatic heterocycles. The van der Waals surface area contributed by atoms with Crippen LogP contribution in [-0.4, -0.2) is 33.3 Å². The molecule has 6 heteroatoms. The van der Waals surface area contributed by atoms with E-state index >= 15 is 0 Å². The second kappa shape index (κ2) is 5.00. The highest BCUT2D eigenvalue weighted by Crippen LogP contribution is 2.19. The van der Waals surface area contributed by atoms with Gasteiger partial charge in [0.15, 0.2) is 0 Å². The number of benzene rings is 1. The van der Waals surface area contributed by atoms with Crippen molar-refractivity contribution in [3.63, 3.8) is 0 Å². The third-order valence-corrected chi connectivity index (χ3v) is 3.14. The number of amides is 1. The first-order chi connectivity index (χ1) is 9.75. The lowest BCUT2D eigenvalue weighted by Crippen LogP contribution is -2.25. The van der Waals surface area contributed by atoms with Gasteiger partial charge in [-0.3, -0.25) is 15.0 Å². The highest BCUT2D eigenvalue weighted by Gasteiger charge is 2.14. The molecule has 3 rings (SSSR count). The molecule has 0 atom stereocenters.